The summed E-state index contributed by atoms with van der Waals surface area (Å²) >= 11 is 1.80. The van der Waals surface area contributed by atoms with Crippen molar-refractivity contribution >= 4 is 16.3 Å². The van der Waals surface area contributed by atoms with Crippen molar-refractivity contribution in [2.45, 2.75) is 12.8 Å². The number of allylic oxidation sites excluding steroid dienone is 1. The van der Waals surface area contributed by atoms with Crippen LogP contribution in [-0.4, -0.2) is 6.54 Å². The molecule has 1 aliphatic heterocycles. The van der Waals surface area contributed by atoms with Crippen LogP contribution in [0.4, 0.5) is 5.00 Å². The van der Waals surface area contributed by atoms with E-state index >= 15 is 0 Å². The van der Waals surface area contributed by atoms with Gasteiger partial charge in [-0.15, -0.1) is 11.3 Å². The van der Waals surface area contributed by atoms with Crippen molar-refractivity contribution in [1.29, 1.82) is 0 Å². The summed E-state index contributed by atoms with van der Waals surface area (Å²) < 4.78 is 0. The Hall–Kier alpha value is -0.760. The van der Waals surface area contributed by atoms with Crippen molar-refractivity contribution in [3.8, 4) is 0 Å². The lowest BCUT2D eigenvalue weighted by Crippen LogP contribution is -2.18. The first kappa shape index (κ1) is 6.92. The van der Waals surface area contributed by atoms with E-state index < -0.39 is 0 Å². The fourth-order valence-electron chi connectivity index (χ4n) is 1.27. The van der Waals surface area contributed by atoms with E-state index in [1.165, 1.54) is 24.4 Å². The van der Waals surface area contributed by atoms with Crippen molar-refractivity contribution in [3.05, 3.63) is 29.8 Å². The molecule has 0 atom stereocenters. The first-order chi connectivity index (χ1) is 5.47. The lowest BCUT2D eigenvalue weighted by atomic mass is 10.2. The molecule has 0 amide bonds. The summed E-state index contributed by atoms with van der Waals surface area (Å²) in [5.74, 6) is 0. The molecular formula is C9H11NS. The van der Waals surface area contributed by atoms with Crippen LogP contribution in [0.5, 0.6) is 0 Å². The van der Waals surface area contributed by atoms with E-state index in [9.17, 15) is 0 Å². The van der Waals surface area contributed by atoms with Gasteiger partial charge in [-0.05, 0) is 30.4 Å². The quantitative estimate of drug-likeness (QED) is 0.618. The lowest BCUT2D eigenvalue weighted by Gasteiger charge is -2.21. The number of hydrogen-bond donors (Lipinski definition) is 0. The predicted octanol–water partition coefficient (Wildman–Crippen LogP) is 2.86. The molecule has 0 fully saturated rings. The molecule has 0 saturated heterocycles. The van der Waals surface area contributed by atoms with Crippen LogP contribution in [0, 0.1) is 0 Å². The van der Waals surface area contributed by atoms with Crippen LogP contribution in [0.25, 0.3) is 0 Å². The van der Waals surface area contributed by atoms with Gasteiger partial charge in [0.1, 0.15) is 0 Å². The third-order valence-electron chi connectivity index (χ3n) is 1.84. The Labute approximate surface area is 71.0 Å². The molecule has 0 saturated carbocycles. The Morgan fingerprint density at radius 2 is 2.45 bits per heavy atom. The van der Waals surface area contributed by atoms with E-state index in [0.717, 1.165) is 0 Å². The van der Waals surface area contributed by atoms with Crippen molar-refractivity contribution in [2.24, 2.45) is 0 Å². The fraction of sp³-hybridized carbons (Fsp3) is 0.333. The summed E-state index contributed by atoms with van der Waals surface area (Å²) in [4.78, 5) is 2.31. The molecule has 0 spiro atoms. The number of rotatable bonds is 1. The minimum atomic E-state index is 1.18. The second kappa shape index (κ2) is 3.09. The highest BCUT2D eigenvalue weighted by atomic mass is 32.1. The highest BCUT2D eigenvalue weighted by molar-refractivity contribution is 7.14. The molecule has 0 radical (unpaired) electrons. The first-order valence-electron chi connectivity index (χ1n) is 3.93. The van der Waals surface area contributed by atoms with Gasteiger partial charge < -0.3 is 4.90 Å². The van der Waals surface area contributed by atoms with E-state index in [1.54, 1.807) is 11.3 Å². The minimum absolute atomic E-state index is 1.18. The lowest BCUT2D eigenvalue weighted by molar-refractivity contribution is 0.790. The molecule has 0 aliphatic carbocycles. The zero-order chi connectivity index (χ0) is 7.52. The molecule has 11 heavy (non-hydrogen) atoms. The molecule has 58 valence electrons. The standard InChI is InChI=1S/C9H11NS/c1-2-6-10(7-3-1)9-5-4-8-11-9/h2,4-6,8H,1,3,7H2. The average Bonchev–Trinajstić information content (AvgIpc) is 2.58. The smallest absolute Gasteiger partial charge is 0.0948 e. The molecule has 2 heterocycles. The summed E-state index contributed by atoms with van der Waals surface area (Å²) in [5, 5.41) is 3.48. The Morgan fingerprint density at radius 3 is 3.09 bits per heavy atom. The van der Waals surface area contributed by atoms with E-state index in [4.69, 9.17) is 0 Å². The number of thiophene rings is 1. The largest absolute Gasteiger partial charge is 0.340 e. The molecule has 0 aromatic carbocycles. The normalized spacial score (nSPS) is 17.3. The molecule has 0 bridgehead atoms. The molecular weight excluding hydrogens is 154 g/mol. The zero-order valence-electron chi connectivity index (χ0n) is 6.36. The fourth-order valence-corrected chi connectivity index (χ4v) is 2.01. The summed E-state index contributed by atoms with van der Waals surface area (Å²) in [6.07, 6.45) is 6.95. The van der Waals surface area contributed by atoms with Crippen LogP contribution < -0.4 is 4.90 Å². The topological polar surface area (TPSA) is 3.24 Å². The van der Waals surface area contributed by atoms with E-state index in [0.29, 0.717) is 0 Å². The van der Waals surface area contributed by atoms with E-state index in [-0.39, 0.29) is 0 Å². The second-order valence-corrected chi connectivity index (χ2v) is 3.60. The van der Waals surface area contributed by atoms with Gasteiger partial charge in [0, 0.05) is 12.7 Å². The molecule has 1 aromatic heterocycles. The van der Waals surface area contributed by atoms with Gasteiger partial charge in [-0.1, -0.05) is 6.08 Å². The van der Waals surface area contributed by atoms with Crippen molar-refractivity contribution in [2.75, 3.05) is 11.4 Å². The van der Waals surface area contributed by atoms with Crippen LogP contribution in [0.3, 0.4) is 0 Å². The van der Waals surface area contributed by atoms with Gasteiger partial charge in [0.25, 0.3) is 0 Å². The third kappa shape index (κ3) is 1.46. The number of anilines is 1. The maximum atomic E-state index is 2.31. The van der Waals surface area contributed by atoms with Crippen LogP contribution in [0.15, 0.2) is 29.8 Å². The van der Waals surface area contributed by atoms with Gasteiger partial charge in [-0.2, -0.15) is 0 Å². The highest BCUT2D eigenvalue weighted by Crippen LogP contribution is 2.23. The molecule has 0 N–H and O–H groups in total. The highest BCUT2D eigenvalue weighted by Gasteiger charge is 2.05. The van der Waals surface area contributed by atoms with Gasteiger partial charge in [0.15, 0.2) is 0 Å². The van der Waals surface area contributed by atoms with E-state index in [2.05, 4.69) is 34.7 Å². The summed E-state index contributed by atoms with van der Waals surface area (Å²) in [6.45, 7) is 1.18. The van der Waals surface area contributed by atoms with Gasteiger partial charge in [-0.3, -0.25) is 0 Å². The summed E-state index contributed by atoms with van der Waals surface area (Å²) in [5.41, 5.74) is 0. The molecule has 1 aliphatic rings. The van der Waals surface area contributed by atoms with Crippen LogP contribution in [-0.2, 0) is 0 Å². The Kier molecular flexibility index (Phi) is 1.95. The Morgan fingerprint density at radius 1 is 1.45 bits per heavy atom. The van der Waals surface area contributed by atoms with E-state index in [1.807, 2.05) is 0 Å². The average molecular weight is 165 g/mol. The van der Waals surface area contributed by atoms with Gasteiger partial charge in [0.05, 0.1) is 5.00 Å². The molecule has 1 aromatic rings. The Balaban J connectivity index is 2.16. The number of hydrogen-bond acceptors (Lipinski definition) is 2. The van der Waals surface area contributed by atoms with Crippen LogP contribution >= 0.6 is 11.3 Å². The maximum Gasteiger partial charge on any atom is 0.0948 e. The second-order valence-electron chi connectivity index (χ2n) is 2.67. The Bertz CT molecular complexity index is 238. The summed E-state index contributed by atoms with van der Waals surface area (Å²) in [7, 11) is 0. The SMILES string of the molecule is C1=CN(c2cccs2)CCC1. The van der Waals surface area contributed by atoms with Crippen molar-refractivity contribution in [1.82, 2.24) is 0 Å². The molecule has 1 nitrogen and oxygen atoms in total. The number of nitrogens with zero attached hydrogens (tertiary/aromatic N) is 1. The monoisotopic (exact) mass is 165 g/mol. The van der Waals surface area contributed by atoms with Gasteiger partial charge in [0.2, 0.25) is 0 Å². The predicted molar refractivity (Wildman–Crippen MR) is 50.0 cm³/mol. The maximum absolute atomic E-state index is 2.31. The van der Waals surface area contributed by atoms with Crippen molar-refractivity contribution < 1.29 is 0 Å². The molecule has 2 heteroatoms. The van der Waals surface area contributed by atoms with Gasteiger partial charge in [-0.25, -0.2) is 0 Å². The zero-order valence-corrected chi connectivity index (χ0v) is 7.18. The van der Waals surface area contributed by atoms with Gasteiger partial charge >= 0.3 is 0 Å². The minimum Gasteiger partial charge on any atom is -0.340 e. The van der Waals surface area contributed by atoms with Crippen LogP contribution in [0.1, 0.15) is 12.8 Å². The molecule has 2 rings (SSSR count). The third-order valence-corrected chi connectivity index (χ3v) is 2.75. The van der Waals surface area contributed by atoms with Crippen LogP contribution in [0.2, 0.25) is 0 Å². The molecule has 0 unspecified atom stereocenters. The van der Waals surface area contributed by atoms with Crippen molar-refractivity contribution in [3.63, 3.8) is 0 Å². The summed E-state index contributed by atoms with van der Waals surface area (Å²) in [6, 6.07) is 4.27. The first-order valence-corrected chi connectivity index (χ1v) is 4.81.